The molecule has 3 rings (SSSR count). The summed E-state index contributed by atoms with van der Waals surface area (Å²) in [6.45, 7) is 0. The number of nitrogens with zero attached hydrogens (tertiary/aromatic N) is 2. The molecule has 2 aromatic carbocycles. The zero-order chi connectivity index (χ0) is 16.9. The number of carbonyl (C=O) groups excluding carboxylic acids is 1. The van der Waals surface area contributed by atoms with Crippen LogP contribution in [0, 0.1) is 0 Å². The van der Waals surface area contributed by atoms with Crippen LogP contribution in [0.2, 0.25) is 0 Å². The Kier molecular flexibility index (Phi) is 5.32. The Bertz CT molecular complexity index is 849. The van der Waals surface area contributed by atoms with Crippen molar-refractivity contribution in [1.82, 2.24) is 10.2 Å². The Morgan fingerprint density at radius 3 is 2.71 bits per heavy atom. The van der Waals surface area contributed by atoms with Crippen molar-refractivity contribution < 1.29 is 9.21 Å². The Balaban J connectivity index is 1.64. The van der Waals surface area contributed by atoms with Gasteiger partial charge in [-0.1, -0.05) is 39.2 Å². The predicted molar refractivity (Wildman–Crippen MR) is 98.0 cm³/mol. The highest BCUT2D eigenvalue weighted by atomic mass is 79.9. The molecule has 5 nitrogen and oxygen atoms in total. The van der Waals surface area contributed by atoms with Crippen LogP contribution in [0.4, 0.5) is 6.01 Å². The normalized spacial score (nSPS) is 10.6. The van der Waals surface area contributed by atoms with Gasteiger partial charge in [0.2, 0.25) is 11.8 Å². The Morgan fingerprint density at radius 2 is 2.00 bits per heavy atom. The third-order valence-electron chi connectivity index (χ3n) is 3.27. The van der Waals surface area contributed by atoms with Crippen LogP contribution in [0.5, 0.6) is 0 Å². The summed E-state index contributed by atoms with van der Waals surface area (Å²) in [5.41, 5.74) is 1.71. The van der Waals surface area contributed by atoms with Gasteiger partial charge in [0.15, 0.2) is 0 Å². The number of hydrogen-bond donors (Lipinski definition) is 1. The first-order chi connectivity index (χ1) is 11.6. The van der Waals surface area contributed by atoms with Gasteiger partial charge in [-0.05, 0) is 42.2 Å². The van der Waals surface area contributed by atoms with E-state index in [0.717, 1.165) is 20.5 Å². The van der Waals surface area contributed by atoms with E-state index >= 15 is 0 Å². The number of halogens is 1. The maximum atomic E-state index is 12.1. The van der Waals surface area contributed by atoms with E-state index in [-0.39, 0.29) is 18.3 Å². The quantitative estimate of drug-likeness (QED) is 0.639. The second-order valence-electron chi connectivity index (χ2n) is 5.00. The van der Waals surface area contributed by atoms with E-state index in [9.17, 15) is 4.79 Å². The van der Waals surface area contributed by atoms with Crippen molar-refractivity contribution in [3.05, 3.63) is 58.6 Å². The third kappa shape index (κ3) is 4.24. The van der Waals surface area contributed by atoms with Crippen molar-refractivity contribution >= 4 is 39.6 Å². The molecule has 0 bridgehead atoms. The topological polar surface area (TPSA) is 68.0 Å². The second-order valence-corrected chi connectivity index (χ2v) is 6.79. The van der Waals surface area contributed by atoms with Gasteiger partial charge in [0.05, 0.1) is 6.42 Å². The van der Waals surface area contributed by atoms with Crippen LogP contribution in [0.3, 0.4) is 0 Å². The lowest BCUT2D eigenvalue weighted by molar-refractivity contribution is -0.115. The first-order valence-electron chi connectivity index (χ1n) is 7.16. The SMILES string of the molecule is CSc1ccc(CC(=O)Nc2nnc(-c3cccc(Br)c3)o2)cc1. The minimum Gasteiger partial charge on any atom is -0.403 e. The number of amides is 1. The number of hydrogen-bond acceptors (Lipinski definition) is 5. The average molecular weight is 404 g/mol. The highest BCUT2D eigenvalue weighted by Gasteiger charge is 2.12. The molecule has 0 aliphatic heterocycles. The minimum atomic E-state index is -0.198. The summed E-state index contributed by atoms with van der Waals surface area (Å²) < 4.78 is 6.41. The summed E-state index contributed by atoms with van der Waals surface area (Å²) in [5.74, 6) is 0.160. The van der Waals surface area contributed by atoms with E-state index in [0.29, 0.717) is 5.89 Å². The fourth-order valence-electron chi connectivity index (χ4n) is 2.10. The van der Waals surface area contributed by atoms with Gasteiger partial charge < -0.3 is 4.42 Å². The van der Waals surface area contributed by atoms with Crippen LogP contribution >= 0.6 is 27.7 Å². The number of anilines is 1. The molecule has 0 fully saturated rings. The molecule has 0 atom stereocenters. The number of nitrogens with one attached hydrogen (secondary N) is 1. The summed E-state index contributed by atoms with van der Waals surface area (Å²) in [7, 11) is 0. The van der Waals surface area contributed by atoms with E-state index in [4.69, 9.17) is 4.42 Å². The molecule has 1 amide bonds. The zero-order valence-electron chi connectivity index (χ0n) is 12.8. The molecule has 122 valence electrons. The molecule has 3 aromatic rings. The van der Waals surface area contributed by atoms with Crippen LogP contribution in [-0.2, 0) is 11.2 Å². The maximum absolute atomic E-state index is 12.1. The Morgan fingerprint density at radius 1 is 1.21 bits per heavy atom. The third-order valence-corrected chi connectivity index (χ3v) is 4.50. The van der Waals surface area contributed by atoms with Gasteiger partial charge >= 0.3 is 6.01 Å². The van der Waals surface area contributed by atoms with Gasteiger partial charge in [0, 0.05) is 14.9 Å². The first kappa shape index (κ1) is 16.7. The van der Waals surface area contributed by atoms with Crippen molar-refractivity contribution in [3.8, 4) is 11.5 Å². The van der Waals surface area contributed by atoms with Crippen LogP contribution in [0.1, 0.15) is 5.56 Å². The van der Waals surface area contributed by atoms with Crippen molar-refractivity contribution in [2.24, 2.45) is 0 Å². The van der Waals surface area contributed by atoms with Crippen LogP contribution < -0.4 is 5.32 Å². The van der Waals surface area contributed by atoms with E-state index in [1.165, 1.54) is 0 Å². The van der Waals surface area contributed by atoms with Crippen molar-refractivity contribution in [1.29, 1.82) is 0 Å². The first-order valence-corrected chi connectivity index (χ1v) is 9.18. The van der Waals surface area contributed by atoms with Gasteiger partial charge in [0.1, 0.15) is 0 Å². The van der Waals surface area contributed by atoms with E-state index in [2.05, 4.69) is 31.4 Å². The van der Waals surface area contributed by atoms with Crippen molar-refractivity contribution in [2.75, 3.05) is 11.6 Å². The molecule has 24 heavy (non-hydrogen) atoms. The molecule has 1 N–H and O–H groups in total. The lowest BCUT2D eigenvalue weighted by Crippen LogP contribution is -2.14. The standard InChI is InChI=1S/C17H14BrN3O2S/c1-24-14-7-5-11(6-8-14)9-15(22)19-17-21-20-16(23-17)12-3-2-4-13(18)10-12/h2-8,10H,9H2,1H3,(H,19,21,22). The summed E-state index contributed by atoms with van der Waals surface area (Å²) >= 11 is 5.06. The molecule has 1 aromatic heterocycles. The largest absolute Gasteiger partial charge is 0.403 e. The average Bonchev–Trinajstić information content (AvgIpc) is 3.04. The van der Waals surface area contributed by atoms with Crippen molar-refractivity contribution in [2.45, 2.75) is 11.3 Å². The second kappa shape index (κ2) is 7.63. The summed E-state index contributed by atoms with van der Waals surface area (Å²) in [6.07, 6.45) is 2.27. The number of aromatic nitrogens is 2. The van der Waals surface area contributed by atoms with Crippen LogP contribution in [0.25, 0.3) is 11.5 Å². The van der Waals surface area contributed by atoms with Crippen LogP contribution in [0.15, 0.2) is 62.3 Å². The molecule has 0 aliphatic carbocycles. The van der Waals surface area contributed by atoms with Gasteiger partial charge in [-0.3, -0.25) is 10.1 Å². The fourth-order valence-corrected chi connectivity index (χ4v) is 2.91. The van der Waals surface area contributed by atoms with Crippen LogP contribution in [-0.4, -0.2) is 22.4 Å². The van der Waals surface area contributed by atoms with Crippen molar-refractivity contribution in [3.63, 3.8) is 0 Å². The maximum Gasteiger partial charge on any atom is 0.322 e. The van der Waals surface area contributed by atoms with E-state index in [1.807, 2.05) is 54.8 Å². The van der Waals surface area contributed by atoms with Gasteiger partial charge in [0.25, 0.3) is 0 Å². The molecule has 0 saturated heterocycles. The Hall–Kier alpha value is -2.12. The molecule has 0 spiro atoms. The molecule has 7 heteroatoms. The molecule has 1 heterocycles. The number of carbonyl (C=O) groups is 1. The summed E-state index contributed by atoms with van der Waals surface area (Å²) in [4.78, 5) is 13.2. The van der Waals surface area contributed by atoms with E-state index in [1.54, 1.807) is 11.8 Å². The zero-order valence-corrected chi connectivity index (χ0v) is 15.2. The van der Waals surface area contributed by atoms with Gasteiger partial charge in [-0.15, -0.1) is 16.9 Å². The fraction of sp³-hybridized carbons (Fsp3) is 0.118. The predicted octanol–water partition coefficient (Wildman–Crippen LogP) is 4.40. The van der Waals surface area contributed by atoms with Gasteiger partial charge in [-0.2, -0.15) is 0 Å². The molecular weight excluding hydrogens is 390 g/mol. The Labute approximate surface area is 152 Å². The highest BCUT2D eigenvalue weighted by Crippen LogP contribution is 2.23. The minimum absolute atomic E-state index is 0.0932. The lowest BCUT2D eigenvalue weighted by Gasteiger charge is -2.02. The van der Waals surface area contributed by atoms with E-state index < -0.39 is 0 Å². The molecule has 0 aliphatic rings. The number of rotatable bonds is 5. The smallest absolute Gasteiger partial charge is 0.322 e. The molecular formula is C17H14BrN3O2S. The monoisotopic (exact) mass is 403 g/mol. The summed E-state index contributed by atoms with van der Waals surface area (Å²) in [6, 6.07) is 15.5. The molecule has 0 unspecified atom stereocenters. The highest BCUT2D eigenvalue weighted by molar-refractivity contribution is 9.10. The number of benzene rings is 2. The molecule has 0 saturated carbocycles. The van der Waals surface area contributed by atoms with Gasteiger partial charge in [-0.25, -0.2) is 0 Å². The lowest BCUT2D eigenvalue weighted by atomic mass is 10.1. The number of thioether (sulfide) groups is 1. The summed E-state index contributed by atoms with van der Waals surface area (Å²) in [5, 5.41) is 10.4. The molecule has 0 radical (unpaired) electrons.